The van der Waals surface area contributed by atoms with Crippen LogP contribution in [0.15, 0.2) is 30.3 Å². The number of nitrogens with one attached hydrogen (secondary N) is 1. The highest BCUT2D eigenvalue weighted by molar-refractivity contribution is 6.35. The van der Waals surface area contributed by atoms with Gasteiger partial charge >= 0.3 is 0 Å². The van der Waals surface area contributed by atoms with Gasteiger partial charge in [-0.15, -0.1) is 0 Å². The standard InChI is InChI=1S/C14H11Cl2N3O2/c1-7-8(13(17)20)3-2-4-10(7)18-14(21)9-5-6-11(15)19-12(9)16/h2-6H,1H3,(H2,17,20)(H,18,21). The van der Waals surface area contributed by atoms with Gasteiger partial charge in [-0.2, -0.15) is 0 Å². The molecule has 0 spiro atoms. The number of primary amides is 1. The van der Waals surface area contributed by atoms with Crippen molar-refractivity contribution in [1.29, 1.82) is 0 Å². The van der Waals surface area contributed by atoms with E-state index < -0.39 is 11.8 Å². The van der Waals surface area contributed by atoms with Crippen LogP contribution in [0.2, 0.25) is 10.3 Å². The summed E-state index contributed by atoms with van der Waals surface area (Å²) < 4.78 is 0. The summed E-state index contributed by atoms with van der Waals surface area (Å²) in [7, 11) is 0. The first-order valence-corrected chi connectivity index (χ1v) is 6.68. The van der Waals surface area contributed by atoms with E-state index in [1.807, 2.05) is 0 Å². The number of nitrogens with two attached hydrogens (primary N) is 1. The molecule has 1 aromatic heterocycles. The van der Waals surface area contributed by atoms with E-state index in [-0.39, 0.29) is 15.9 Å². The summed E-state index contributed by atoms with van der Waals surface area (Å²) >= 11 is 11.6. The van der Waals surface area contributed by atoms with Gasteiger partial charge in [-0.3, -0.25) is 9.59 Å². The van der Waals surface area contributed by atoms with E-state index >= 15 is 0 Å². The van der Waals surface area contributed by atoms with Crippen LogP contribution in [0.3, 0.4) is 0 Å². The van der Waals surface area contributed by atoms with Gasteiger partial charge in [-0.05, 0) is 36.8 Å². The van der Waals surface area contributed by atoms with Gasteiger partial charge in [0.1, 0.15) is 10.3 Å². The van der Waals surface area contributed by atoms with E-state index in [4.69, 9.17) is 28.9 Å². The van der Waals surface area contributed by atoms with Crippen LogP contribution in [0.5, 0.6) is 0 Å². The van der Waals surface area contributed by atoms with Crippen LogP contribution in [0, 0.1) is 6.92 Å². The number of amides is 2. The molecule has 5 nitrogen and oxygen atoms in total. The van der Waals surface area contributed by atoms with E-state index in [2.05, 4.69) is 10.3 Å². The highest BCUT2D eigenvalue weighted by Crippen LogP contribution is 2.22. The summed E-state index contributed by atoms with van der Waals surface area (Å²) in [5.74, 6) is -1.01. The molecule has 0 saturated heterocycles. The number of halogens is 2. The molecule has 0 saturated carbocycles. The summed E-state index contributed by atoms with van der Waals surface area (Å²) in [6.45, 7) is 1.69. The number of rotatable bonds is 3. The van der Waals surface area contributed by atoms with Crippen molar-refractivity contribution in [2.75, 3.05) is 5.32 Å². The zero-order valence-electron chi connectivity index (χ0n) is 11.0. The summed E-state index contributed by atoms with van der Waals surface area (Å²) in [5.41, 5.74) is 6.85. The van der Waals surface area contributed by atoms with Crippen LogP contribution in [-0.4, -0.2) is 16.8 Å². The third-order valence-corrected chi connectivity index (χ3v) is 3.41. The Kier molecular flexibility index (Phi) is 4.45. The Morgan fingerprint density at radius 1 is 1.14 bits per heavy atom. The van der Waals surface area contributed by atoms with Crippen molar-refractivity contribution >= 4 is 40.7 Å². The number of aromatic nitrogens is 1. The molecule has 2 aromatic rings. The van der Waals surface area contributed by atoms with Gasteiger partial charge in [0.05, 0.1) is 5.56 Å². The fraction of sp³-hybridized carbons (Fsp3) is 0.0714. The third-order valence-electron chi connectivity index (χ3n) is 2.91. The first-order valence-electron chi connectivity index (χ1n) is 5.93. The van der Waals surface area contributed by atoms with Crippen LogP contribution in [0.25, 0.3) is 0 Å². The number of benzene rings is 1. The van der Waals surface area contributed by atoms with Crippen LogP contribution in [0.4, 0.5) is 5.69 Å². The molecule has 108 valence electrons. The molecular formula is C14H11Cl2N3O2. The molecule has 0 bridgehead atoms. The number of hydrogen-bond acceptors (Lipinski definition) is 3. The molecule has 2 amide bonds. The molecule has 1 heterocycles. The zero-order chi connectivity index (χ0) is 15.6. The maximum Gasteiger partial charge on any atom is 0.258 e. The Bertz CT molecular complexity index is 732. The number of hydrogen-bond donors (Lipinski definition) is 2. The van der Waals surface area contributed by atoms with E-state index in [1.54, 1.807) is 25.1 Å². The van der Waals surface area contributed by atoms with Crippen molar-refractivity contribution in [3.8, 4) is 0 Å². The third kappa shape index (κ3) is 3.32. The number of anilines is 1. The first kappa shape index (κ1) is 15.3. The molecule has 2 rings (SSSR count). The molecule has 21 heavy (non-hydrogen) atoms. The fourth-order valence-electron chi connectivity index (χ4n) is 1.81. The molecule has 0 aliphatic rings. The van der Waals surface area contributed by atoms with Gasteiger partial charge in [-0.1, -0.05) is 29.3 Å². The molecule has 0 fully saturated rings. The van der Waals surface area contributed by atoms with Crippen molar-refractivity contribution in [2.24, 2.45) is 5.73 Å². The van der Waals surface area contributed by atoms with E-state index in [9.17, 15) is 9.59 Å². The lowest BCUT2D eigenvalue weighted by Crippen LogP contribution is -2.17. The van der Waals surface area contributed by atoms with E-state index in [0.29, 0.717) is 16.8 Å². The van der Waals surface area contributed by atoms with Gasteiger partial charge in [0.2, 0.25) is 5.91 Å². The number of carbonyl (C=O) groups excluding carboxylic acids is 2. The molecule has 1 aromatic carbocycles. The van der Waals surface area contributed by atoms with Crippen molar-refractivity contribution < 1.29 is 9.59 Å². The minimum atomic E-state index is -0.560. The minimum absolute atomic E-state index is 0.00343. The normalized spacial score (nSPS) is 10.2. The number of carbonyl (C=O) groups is 2. The van der Waals surface area contributed by atoms with Crippen molar-refractivity contribution in [2.45, 2.75) is 6.92 Å². The molecule has 0 aliphatic heterocycles. The second kappa shape index (κ2) is 6.11. The Balaban J connectivity index is 2.32. The van der Waals surface area contributed by atoms with Gasteiger partial charge in [0.25, 0.3) is 5.91 Å². The molecule has 0 radical (unpaired) electrons. The topological polar surface area (TPSA) is 85.1 Å². The minimum Gasteiger partial charge on any atom is -0.366 e. The van der Waals surface area contributed by atoms with Crippen molar-refractivity contribution in [1.82, 2.24) is 4.98 Å². The number of nitrogens with zero attached hydrogens (tertiary/aromatic N) is 1. The Morgan fingerprint density at radius 3 is 2.48 bits per heavy atom. The Morgan fingerprint density at radius 2 is 1.86 bits per heavy atom. The Labute approximate surface area is 131 Å². The maximum absolute atomic E-state index is 12.2. The van der Waals surface area contributed by atoms with Gasteiger partial charge in [0, 0.05) is 11.3 Å². The lowest BCUT2D eigenvalue weighted by Gasteiger charge is -2.11. The summed E-state index contributed by atoms with van der Waals surface area (Å²) in [4.78, 5) is 27.3. The summed E-state index contributed by atoms with van der Waals surface area (Å²) in [6, 6.07) is 7.82. The maximum atomic E-state index is 12.2. The quantitative estimate of drug-likeness (QED) is 0.851. The second-order valence-electron chi connectivity index (χ2n) is 4.27. The highest BCUT2D eigenvalue weighted by atomic mass is 35.5. The molecule has 7 heteroatoms. The summed E-state index contributed by atoms with van der Waals surface area (Å²) in [6.07, 6.45) is 0. The van der Waals surface area contributed by atoms with Crippen LogP contribution in [-0.2, 0) is 0 Å². The smallest absolute Gasteiger partial charge is 0.258 e. The van der Waals surface area contributed by atoms with Crippen molar-refractivity contribution in [3.63, 3.8) is 0 Å². The molecule has 3 N–H and O–H groups in total. The monoisotopic (exact) mass is 323 g/mol. The first-order chi connectivity index (χ1) is 9.90. The Hall–Kier alpha value is -2.11. The molecule has 0 aliphatic carbocycles. The largest absolute Gasteiger partial charge is 0.366 e. The molecular weight excluding hydrogens is 313 g/mol. The van der Waals surface area contributed by atoms with Crippen molar-refractivity contribution in [3.05, 3.63) is 57.3 Å². The average molecular weight is 324 g/mol. The predicted molar refractivity (Wildman–Crippen MR) is 81.9 cm³/mol. The lowest BCUT2D eigenvalue weighted by atomic mass is 10.1. The molecule has 0 atom stereocenters. The number of pyridine rings is 1. The SMILES string of the molecule is Cc1c(NC(=O)c2ccc(Cl)nc2Cl)cccc1C(N)=O. The van der Waals surface area contributed by atoms with E-state index in [0.717, 1.165) is 0 Å². The predicted octanol–water partition coefficient (Wildman–Crippen LogP) is 3.05. The highest BCUT2D eigenvalue weighted by Gasteiger charge is 2.15. The van der Waals surface area contributed by atoms with Gasteiger partial charge < -0.3 is 11.1 Å². The zero-order valence-corrected chi connectivity index (χ0v) is 12.5. The lowest BCUT2D eigenvalue weighted by molar-refractivity contribution is 0.0995. The fourth-order valence-corrected chi connectivity index (χ4v) is 2.24. The second-order valence-corrected chi connectivity index (χ2v) is 5.01. The van der Waals surface area contributed by atoms with Gasteiger partial charge in [-0.25, -0.2) is 4.98 Å². The van der Waals surface area contributed by atoms with Crippen LogP contribution in [0.1, 0.15) is 26.3 Å². The van der Waals surface area contributed by atoms with Crippen LogP contribution >= 0.6 is 23.2 Å². The average Bonchev–Trinajstić information content (AvgIpc) is 2.40. The van der Waals surface area contributed by atoms with Gasteiger partial charge in [0.15, 0.2) is 0 Å². The van der Waals surface area contributed by atoms with E-state index in [1.165, 1.54) is 12.1 Å². The van der Waals surface area contributed by atoms with Crippen LogP contribution < -0.4 is 11.1 Å². The molecule has 0 unspecified atom stereocenters. The summed E-state index contributed by atoms with van der Waals surface area (Å²) in [5, 5.41) is 2.87.